The number of benzene rings is 1. The number of likely N-dealkylation sites (N-methyl/N-ethyl adjacent to an activating group) is 1. The minimum absolute atomic E-state index is 0.0183. The van der Waals surface area contributed by atoms with Crippen molar-refractivity contribution >= 4 is 17.5 Å². The van der Waals surface area contributed by atoms with Crippen molar-refractivity contribution in [2.24, 2.45) is 0 Å². The van der Waals surface area contributed by atoms with E-state index < -0.39 is 11.7 Å². The van der Waals surface area contributed by atoms with E-state index in [1.165, 1.54) is 17.0 Å². The number of rotatable bonds is 4. The zero-order valence-corrected chi connectivity index (χ0v) is 11.3. The van der Waals surface area contributed by atoms with Gasteiger partial charge in [0.25, 0.3) is 5.91 Å². The van der Waals surface area contributed by atoms with Crippen LogP contribution in [-0.2, 0) is 11.2 Å². The smallest absolute Gasteiger partial charge is 0.256 e. The van der Waals surface area contributed by atoms with Gasteiger partial charge in [0.05, 0.1) is 12.2 Å². The van der Waals surface area contributed by atoms with Gasteiger partial charge in [-0.3, -0.25) is 9.59 Å². The van der Waals surface area contributed by atoms with Gasteiger partial charge in [0.15, 0.2) is 0 Å². The predicted octanol–water partition coefficient (Wildman–Crippen LogP) is 1.16. The molecule has 1 heterocycles. The lowest BCUT2D eigenvalue weighted by molar-refractivity contribution is -0.116. The lowest BCUT2D eigenvalue weighted by Gasteiger charge is -2.22. The van der Waals surface area contributed by atoms with Crippen molar-refractivity contribution in [3.8, 4) is 0 Å². The number of amides is 2. The summed E-state index contributed by atoms with van der Waals surface area (Å²) in [6, 6.07) is 2.68. The summed E-state index contributed by atoms with van der Waals surface area (Å²) in [4.78, 5) is 24.9. The molecule has 0 aliphatic carbocycles. The van der Waals surface area contributed by atoms with E-state index in [1.807, 2.05) is 0 Å². The molecule has 0 spiro atoms. The average molecular weight is 280 g/mol. The quantitative estimate of drug-likeness (QED) is 0.869. The molecule has 1 aliphatic rings. The van der Waals surface area contributed by atoms with Crippen LogP contribution in [0.25, 0.3) is 0 Å². The molecular weight excluding hydrogens is 263 g/mol. The highest BCUT2D eigenvalue weighted by molar-refractivity contribution is 5.98. The number of aliphatic hydroxyl groups is 1. The number of carbonyl (C=O) groups is 2. The first kappa shape index (κ1) is 14.5. The Morgan fingerprint density at radius 2 is 2.20 bits per heavy atom. The first-order chi connectivity index (χ1) is 9.56. The van der Waals surface area contributed by atoms with Crippen molar-refractivity contribution < 1.29 is 19.1 Å². The molecule has 2 rings (SSSR count). The van der Waals surface area contributed by atoms with Crippen LogP contribution in [0.15, 0.2) is 12.1 Å². The Morgan fingerprint density at radius 3 is 2.85 bits per heavy atom. The van der Waals surface area contributed by atoms with E-state index in [1.54, 1.807) is 6.92 Å². The molecule has 2 amide bonds. The normalized spacial score (nSPS) is 13.7. The molecule has 1 aromatic carbocycles. The van der Waals surface area contributed by atoms with Crippen molar-refractivity contribution in [2.75, 3.05) is 25.0 Å². The van der Waals surface area contributed by atoms with Crippen molar-refractivity contribution in [1.82, 2.24) is 4.90 Å². The minimum Gasteiger partial charge on any atom is -0.395 e. The summed E-state index contributed by atoms with van der Waals surface area (Å²) >= 11 is 0. The van der Waals surface area contributed by atoms with E-state index in [9.17, 15) is 14.0 Å². The monoisotopic (exact) mass is 280 g/mol. The van der Waals surface area contributed by atoms with Gasteiger partial charge in [-0.1, -0.05) is 0 Å². The summed E-state index contributed by atoms with van der Waals surface area (Å²) in [5.74, 6) is -1.25. The topological polar surface area (TPSA) is 69.6 Å². The number of fused-ring (bicyclic) bond motifs is 1. The molecular formula is C14H17FN2O3. The molecule has 6 heteroatoms. The lowest BCUT2D eigenvalue weighted by atomic mass is 9.99. The molecule has 0 fully saturated rings. The standard InChI is InChI=1S/C14H17FN2O3/c1-2-17(5-6-18)14(20)10-7-9-3-4-13(19)16-12(9)8-11(10)15/h7-8,18H,2-6H2,1H3,(H,16,19). The summed E-state index contributed by atoms with van der Waals surface area (Å²) in [7, 11) is 0. The Kier molecular flexibility index (Phi) is 4.34. The summed E-state index contributed by atoms with van der Waals surface area (Å²) in [5, 5.41) is 11.5. The number of hydrogen-bond donors (Lipinski definition) is 2. The van der Waals surface area contributed by atoms with Crippen LogP contribution in [-0.4, -0.2) is 41.5 Å². The number of aliphatic hydroxyl groups excluding tert-OH is 1. The number of aryl methyl sites for hydroxylation is 1. The summed E-state index contributed by atoms with van der Waals surface area (Å²) < 4.78 is 14.0. The Balaban J connectivity index is 2.33. The molecule has 2 N–H and O–H groups in total. The van der Waals surface area contributed by atoms with Crippen LogP contribution in [0.5, 0.6) is 0 Å². The van der Waals surface area contributed by atoms with Gasteiger partial charge in [0.2, 0.25) is 5.91 Å². The van der Waals surface area contributed by atoms with Crippen molar-refractivity contribution in [1.29, 1.82) is 0 Å². The van der Waals surface area contributed by atoms with Crippen molar-refractivity contribution in [3.05, 3.63) is 29.1 Å². The SMILES string of the molecule is CCN(CCO)C(=O)c1cc2c(cc1F)NC(=O)CC2. The Morgan fingerprint density at radius 1 is 1.45 bits per heavy atom. The van der Waals surface area contributed by atoms with Gasteiger partial charge < -0.3 is 15.3 Å². The first-order valence-electron chi connectivity index (χ1n) is 6.59. The molecule has 5 nitrogen and oxygen atoms in total. The van der Waals surface area contributed by atoms with Crippen LogP contribution >= 0.6 is 0 Å². The van der Waals surface area contributed by atoms with E-state index in [2.05, 4.69) is 5.32 Å². The molecule has 0 saturated heterocycles. The number of nitrogens with zero attached hydrogens (tertiary/aromatic N) is 1. The van der Waals surface area contributed by atoms with Gasteiger partial charge in [-0.25, -0.2) is 4.39 Å². The largest absolute Gasteiger partial charge is 0.395 e. The van der Waals surface area contributed by atoms with Crippen LogP contribution in [0.3, 0.4) is 0 Å². The fourth-order valence-corrected chi connectivity index (χ4v) is 2.26. The first-order valence-corrected chi connectivity index (χ1v) is 6.59. The minimum atomic E-state index is -0.660. The summed E-state index contributed by atoms with van der Waals surface area (Å²) in [6.45, 7) is 2.17. The second kappa shape index (κ2) is 6.00. The van der Waals surface area contributed by atoms with Gasteiger partial charge in [-0.15, -0.1) is 0 Å². The fourth-order valence-electron chi connectivity index (χ4n) is 2.26. The van der Waals surface area contributed by atoms with Crippen molar-refractivity contribution in [3.63, 3.8) is 0 Å². The molecule has 108 valence electrons. The van der Waals surface area contributed by atoms with Crippen LogP contribution in [0.2, 0.25) is 0 Å². The molecule has 0 unspecified atom stereocenters. The van der Waals surface area contributed by atoms with Gasteiger partial charge in [0, 0.05) is 25.2 Å². The number of nitrogens with one attached hydrogen (secondary N) is 1. The van der Waals surface area contributed by atoms with E-state index in [0.717, 1.165) is 5.56 Å². The number of hydrogen-bond acceptors (Lipinski definition) is 3. The van der Waals surface area contributed by atoms with E-state index in [-0.39, 0.29) is 24.6 Å². The fraction of sp³-hybridized carbons (Fsp3) is 0.429. The van der Waals surface area contributed by atoms with Crippen LogP contribution in [0.4, 0.5) is 10.1 Å². The third-order valence-electron chi connectivity index (χ3n) is 3.36. The number of anilines is 1. The Bertz CT molecular complexity index is 545. The summed E-state index contributed by atoms with van der Waals surface area (Å²) in [6.07, 6.45) is 0.828. The zero-order valence-electron chi connectivity index (χ0n) is 11.3. The molecule has 0 radical (unpaired) electrons. The molecule has 0 bridgehead atoms. The molecule has 0 aromatic heterocycles. The van der Waals surface area contributed by atoms with Crippen LogP contribution in [0, 0.1) is 5.82 Å². The molecule has 1 aliphatic heterocycles. The predicted molar refractivity (Wildman–Crippen MR) is 72.0 cm³/mol. The second-order valence-electron chi connectivity index (χ2n) is 4.65. The van der Waals surface area contributed by atoms with E-state index in [4.69, 9.17) is 5.11 Å². The van der Waals surface area contributed by atoms with Gasteiger partial charge in [-0.2, -0.15) is 0 Å². The molecule has 0 saturated carbocycles. The number of carbonyl (C=O) groups excluding carboxylic acids is 2. The van der Waals surface area contributed by atoms with Crippen LogP contribution in [0.1, 0.15) is 29.3 Å². The molecule has 1 aromatic rings. The lowest BCUT2D eigenvalue weighted by Crippen LogP contribution is -2.34. The highest BCUT2D eigenvalue weighted by atomic mass is 19.1. The average Bonchev–Trinajstić information content (AvgIpc) is 2.43. The Labute approximate surface area is 116 Å². The maximum atomic E-state index is 14.0. The van der Waals surface area contributed by atoms with Gasteiger partial charge >= 0.3 is 0 Å². The highest BCUT2D eigenvalue weighted by Crippen LogP contribution is 2.26. The van der Waals surface area contributed by atoms with Crippen LogP contribution < -0.4 is 5.32 Å². The highest BCUT2D eigenvalue weighted by Gasteiger charge is 2.23. The Hall–Kier alpha value is -1.95. The molecule has 0 atom stereocenters. The third kappa shape index (κ3) is 2.80. The maximum Gasteiger partial charge on any atom is 0.256 e. The summed E-state index contributed by atoms with van der Waals surface area (Å²) in [5.41, 5.74) is 1.17. The van der Waals surface area contributed by atoms with E-state index in [0.29, 0.717) is 25.1 Å². The van der Waals surface area contributed by atoms with Gasteiger partial charge in [-0.05, 0) is 31.0 Å². The third-order valence-corrected chi connectivity index (χ3v) is 3.36. The second-order valence-corrected chi connectivity index (χ2v) is 4.65. The molecule has 20 heavy (non-hydrogen) atoms. The van der Waals surface area contributed by atoms with E-state index >= 15 is 0 Å². The zero-order chi connectivity index (χ0) is 14.7. The van der Waals surface area contributed by atoms with Crippen molar-refractivity contribution in [2.45, 2.75) is 19.8 Å². The number of halogens is 1. The maximum absolute atomic E-state index is 14.0. The van der Waals surface area contributed by atoms with Gasteiger partial charge in [0.1, 0.15) is 5.82 Å².